The molecule has 0 aliphatic carbocycles. The lowest BCUT2D eigenvalue weighted by atomic mass is 9.83. The van der Waals surface area contributed by atoms with Crippen LogP contribution >= 0.6 is 0 Å². The Balaban J connectivity index is 1.65. The first-order chi connectivity index (χ1) is 30.2. The molecule has 0 fully saturated rings. The van der Waals surface area contributed by atoms with Crippen LogP contribution in [0.1, 0.15) is 106 Å². The van der Waals surface area contributed by atoms with Crippen LogP contribution in [0.4, 0.5) is 48.5 Å². The molecule has 0 saturated carbocycles. The highest BCUT2D eigenvalue weighted by Crippen LogP contribution is 2.32. The third-order valence-corrected chi connectivity index (χ3v) is 9.96. The van der Waals surface area contributed by atoms with Crippen LogP contribution in [0.15, 0.2) is 54.6 Å². The summed E-state index contributed by atoms with van der Waals surface area (Å²) in [5, 5.41) is 17.0. The Labute approximate surface area is 366 Å². The van der Waals surface area contributed by atoms with Crippen LogP contribution in [0, 0.1) is 0 Å². The summed E-state index contributed by atoms with van der Waals surface area (Å²) in [4.78, 5) is 76.8. The minimum Gasteiger partial charge on any atom is -0.462 e. The summed E-state index contributed by atoms with van der Waals surface area (Å²) in [6.07, 6.45) is 1.57. The molecule has 4 aromatic rings. The van der Waals surface area contributed by atoms with Crippen LogP contribution in [0.5, 0.6) is 0 Å². The van der Waals surface area contributed by atoms with Gasteiger partial charge >= 0.3 is 36.0 Å². The second-order valence-corrected chi connectivity index (χ2v) is 13.9. The van der Waals surface area contributed by atoms with Gasteiger partial charge in [-0.15, -0.1) is 0 Å². The number of ether oxygens (including phenoxy) is 3. The van der Waals surface area contributed by atoms with Crippen molar-refractivity contribution in [3.63, 3.8) is 0 Å². The fraction of sp³-hybridized carbons (Fsp3) is 0.333. The summed E-state index contributed by atoms with van der Waals surface area (Å²) in [5.74, 6) is -1.62. The molecule has 336 valence electrons. The number of hydrogen-bond acceptors (Lipinski definition) is 12. The van der Waals surface area contributed by atoms with E-state index in [1.807, 2.05) is 20.8 Å². The van der Waals surface area contributed by atoms with E-state index >= 15 is 0 Å². The predicted molar refractivity (Wildman–Crippen MR) is 243 cm³/mol. The third-order valence-electron chi connectivity index (χ3n) is 9.96. The highest BCUT2D eigenvalue weighted by molar-refractivity contribution is 5.98. The van der Waals surface area contributed by atoms with E-state index in [1.165, 1.54) is 54.6 Å². The van der Waals surface area contributed by atoms with Crippen molar-refractivity contribution in [1.29, 1.82) is 0 Å². The topological polar surface area (TPSA) is 280 Å². The van der Waals surface area contributed by atoms with Crippen LogP contribution in [-0.4, -0.2) is 55.8 Å². The Bertz CT molecular complexity index is 2070. The van der Waals surface area contributed by atoms with Crippen molar-refractivity contribution in [2.24, 2.45) is 0 Å². The number of anilines is 6. The molecule has 0 bridgehead atoms. The summed E-state index contributed by atoms with van der Waals surface area (Å²) in [7, 11) is 0. The van der Waals surface area contributed by atoms with Gasteiger partial charge in [-0.05, 0) is 128 Å². The molecule has 0 saturated heterocycles. The monoisotopic (exact) mass is 867 g/mol. The van der Waals surface area contributed by atoms with E-state index < -0.39 is 36.0 Å². The van der Waals surface area contributed by atoms with Gasteiger partial charge < -0.3 is 63.3 Å². The number of amides is 6. The number of nitrogen functional groups attached to an aromatic ring is 3. The zero-order chi connectivity index (χ0) is 46.2. The van der Waals surface area contributed by atoms with Gasteiger partial charge in [-0.2, -0.15) is 0 Å². The summed E-state index contributed by atoms with van der Waals surface area (Å²) >= 11 is 0. The standard InChI is InChI=1S/C45H57N9O9/c1-7-28-31(22-49-43(58)52-37-16-13-25(19-34(37)46)40(55)61-10-4)29(8-2)33(24-51-45(60)54-39-18-15-27(21-36(39)48)42(57)63-12-6)30(9-3)32(28)23-50-44(59)53-38-17-14-26(20-35(38)47)41(56)62-11-5/h13-21H,7-12,22-24,46-48H2,1-6H3,(H2,49,52,58)(H2,50,53,59)(H2,51,54,60). The van der Waals surface area contributed by atoms with Crippen molar-refractivity contribution in [2.75, 3.05) is 53.0 Å². The molecule has 0 unspecified atom stereocenters. The van der Waals surface area contributed by atoms with Crippen LogP contribution in [0.3, 0.4) is 0 Å². The molecule has 0 radical (unpaired) electrons. The predicted octanol–water partition coefficient (Wildman–Crippen LogP) is 6.62. The van der Waals surface area contributed by atoms with Gasteiger partial charge in [0.15, 0.2) is 0 Å². The summed E-state index contributed by atoms with van der Waals surface area (Å²) in [5.41, 5.74) is 25.7. The SMILES string of the molecule is CCOC(=O)c1ccc(NC(=O)NCc2c(CC)c(CNC(=O)Nc3ccc(C(=O)OCC)cc3N)c(CC)c(CNC(=O)Nc3ccc(C(=O)OCC)cc3N)c2CC)c(N)c1. The van der Waals surface area contributed by atoms with Crippen LogP contribution < -0.4 is 49.1 Å². The quantitative estimate of drug-likeness (QED) is 0.0290. The maximum absolute atomic E-state index is 13.4. The molecule has 18 nitrogen and oxygen atoms in total. The molecular formula is C45H57N9O9. The number of rotatable bonds is 18. The fourth-order valence-electron chi connectivity index (χ4n) is 7.07. The molecule has 6 amide bonds. The molecule has 4 rings (SSSR count). The second-order valence-electron chi connectivity index (χ2n) is 13.9. The van der Waals surface area contributed by atoms with Gasteiger partial charge in [-0.3, -0.25) is 0 Å². The Morgan fingerprint density at radius 2 is 0.667 bits per heavy atom. The minimum absolute atomic E-state index is 0.0636. The van der Waals surface area contributed by atoms with Crippen LogP contribution in [-0.2, 0) is 53.1 Å². The lowest BCUT2D eigenvalue weighted by molar-refractivity contribution is 0.0517. The number of nitrogens with one attached hydrogen (secondary N) is 6. The van der Waals surface area contributed by atoms with Crippen molar-refractivity contribution >= 4 is 70.1 Å². The van der Waals surface area contributed by atoms with E-state index in [0.29, 0.717) is 19.3 Å². The van der Waals surface area contributed by atoms with E-state index in [1.54, 1.807) is 20.8 Å². The maximum atomic E-state index is 13.4. The second kappa shape index (κ2) is 22.9. The molecular weight excluding hydrogens is 811 g/mol. The fourth-order valence-corrected chi connectivity index (χ4v) is 7.07. The van der Waals surface area contributed by atoms with E-state index in [0.717, 1.165) is 33.4 Å². The van der Waals surface area contributed by atoms with Crippen molar-refractivity contribution in [1.82, 2.24) is 16.0 Å². The first-order valence-electron chi connectivity index (χ1n) is 20.7. The molecule has 63 heavy (non-hydrogen) atoms. The van der Waals surface area contributed by atoms with Gasteiger partial charge in [0, 0.05) is 19.6 Å². The largest absolute Gasteiger partial charge is 0.462 e. The van der Waals surface area contributed by atoms with Crippen molar-refractivity contribution in [3.8, 4) is 0 Å². The molecule has 4 aromatic carbocycles. The molecule has 18 heteroatoms. The molecule has 0 spiro atoms. The van der Waals surface area contributed by atoms with Gasteiger partial charge in [0.2, 0.25) is 0 Å². The number of benzene rings is 4. The van der Waals surface area contributed by atoms with Crippen molar-refractivity contribution in [2.45, 2.75) is 80.4 Å². The number of esters is 3. The van der Waals surface area contributed by atoms with Gasteiger partial charge in [0.05, 0.1) is 70.6 Å². The van der Waals surface area contributed by atoms with E-state index in [4.69, 9.17) is 31.4 Å². The van der Waals surface area contributed by atoms with Crippen LogP contribution in [0.25, 0.3) is 0 Å². The number of carbonyl (C=O) groups excluding carboxylic acids is 6. The van der Waals surface area contributed by atoms with Crippen LogP contribution in [0.2, 0.25) is 0 Å². The number of carbonyl (C=O) groups is 6. The summed E-state index contributed by atoms with van der Waals surface area (Å²) < 4.78 is 15.1. The number of urea groups is 3. The normalized spacial score (nSPS) is 10.6. The Morgan fingerprint density at radius 3 is 0.873 bits per heavy atom. The number of hydrogen-bond donors (Lipinski definition) is 9. The average Bonchev–Trinajstić information content (AvgIpc) is 3.25. The zero-order valence-corrected chi connectivity index (χ0v) is 36.5. The highest BCUT2D eigenvalue weighted by atomic mass is 16.5. The van der Waals surface area contributed by atoms with Gasteiger partial charge in [-0.1, -0.05) is 20.8 Å². The maximum Gasteiger partial charge on any atom is 0.338 e. The molecule has 0 atom stereocenters. The Hall–Kier alpha value is -7.50. The number of nitrogens with two attached hydrogens (primary N) is 3. The van der Waals surface area contributed by atoms with Gasteiger partial charge in [0.25, 0.3) is 0 Å². The molecule has 0 aliphatic rings. The minimum atomic E-state index is -0.564. The first kappa shape index (κ1) is 48.2. The smallest absolute Gasteiger partial charge is 0.338 e. The molecule has 0 aromatic heterocycles. The van der Waals surface area contributed by atoms with E-state index in [-0.39, 0.29) is 90.3 Å². The highest BCUT2D eigenvalue weighted by Gasteiger charge is 2.24. The summed E-state index contributed by atoms with van der Waals surface area (Å²) in [6, 6.07) is 11.6. The lowest BCUT2D eigenvalue weighted by Gasteiger charge is -2.27. The van der Waals surface area contributed by atoms with Gasteiger partial charge in [-0.25, -0.2) is 28.8 Å². The Morgan fingerprint density at radius 1 is 0.413 bits per heavy atom. The molecule has 12 N–H and O–H groups in total. The lowest BCUT2D eigenvalue weighted by Crippen LogP contribution is -2.33. The average molecular weight is 868 g/mol. The zero-order valence-electron chi connectivity index (χ0n) is 36.5. The van der Waals surface area contributed by atoms with E-state index in [2.05, 4.69) is 31.9 Å². The Kier molecular flexibility index (Phi) is 17.5. The first-order valence-corrected chi connectivity index (χ1v) is 20.7. The molecule has 0 heterocycles. The molecule has 0 aliphatic heterocycles. The summed E-state index contributed by atoms with van der Waals surface area (Å²) in [6.45, 7) is 11.8. The van der Waals surface area contributed by atoms with Gasteiger partial charge in [0.1, 0.15) is 0 Å². The third kappa shape index (κ3) is 12.5. The van der Waals surface area contributed by atoms with E-state index in [9.17, 15) is 28.8 Å². The van der Waals surface area contributed by atoms with Crippen molar-refractivity contribution < 1.29 is 43.0 Å². The van der Waals surface area contributed by atoms with Crippen molar-refractivity contribution in [3.05, 3.63) is 105 Å².